The number of aliphatic hydroxyl groups excluding tert-OH is 1. The minimum Gasteiger partial charge on any atom is -0.493 e. The number of ether oxygens (including phenoxy) is 2. The van der Waals surface area contributed by atoms with Crippen LogP contribution in [0.25, 0.3) is 10.4 Å². The van der Waals surface area contributed by atoms with Crippen molar-refractivity contribution in [1.82, 2.24) is 9.88 Å². The van der Waals surface area contributed by atoms with Crippen molar-refractivity contribution in [3.8, 4) is 21.9 Å². The number of hydrogen-bond acceptors (Lipinski definition) is 6. The first-order valence-corrected chi connectivity index (χ1v) is 12.1. The molecule has 1 aliphatic carbocycles. The van der Waals surface area contributed by atoms with E-state index < -0.39 is 6.10 Å². The van der Waals surface area contributed by atoms with Crippen LogP contribution in [0, 0.1) is 25.6 Å². The third-order valence-electron chi connectivity index (χ3n) is 6.10. The van der Waals surface area contributed by atoms with Gasteiger partial charge in [0.15, 0.2) is 11.5 Å². The van der Waals surface area contributed by atoms with Crippen LogP contribution in [0.1, 0.15) is 45.6 Å². The molecule has 1 aromatic heterocycles. The molecule has 1 atom stereocenters. The van der Waals surface area contributed by atoms with Crippen LogP contribution in [0.3, 0.4) is 0 Å². The summed E-state index contributed by atoms with van der Waals surface area (Å²) in [6, 6.07) is 10.1. The van der Waals surface area contributed by atoms with Gasteiger partial charge < -0.3 is 19.5 Å². The molecule has 1 aliphatic rings. The Morgan fingerprint density at radius 3 is 2.62 bits per heavy atom. The van der Waals surface area contributed by atoms with Gasteiger partial charge in [-0.05, 0) is 67.5 Å². The molecule has 1 unspecified atom stereocenters. The van der Waals surface area contributed by atoms with E-state index in [9.17, 15) is 14.3 Å². The molecule has 0 radical (unpaired) electrons. The van der Waals surface area contributed by atoms with Gasteiger partial charge in [-0.1, -0.05) is 18.2 Å². The van der Waals surface area contributed by atoms with Crippen LogP contribution >= 0.6 is 11.3 Å². The molecule has 4 rings (SSSR count). The first-order chi connectivity index (χ1) is 16.3. The number of hydrogen-bond donors (Lipinski definition) is 1. The van der Waals surface area contributed by atoms with E-state index in [1.807, 2.05) is 13.0 Å². The van der Waals surface area contributed by atoms with E-state index >= 15 is 0 Å². The van der Waals surface area contributed by atoms with Crippen molar-refractivity contribution in [2.45, 2.75) is 32.8 Å². The van der Waals surface area contributed by atoms with E-state index in [0.717, 1.165) is 17.8 Å². The molecule has 180 valence electrons. The largest absolute Gasteiger partial charge is 0.493 e. The highest BCUT2D eigenvalue weighted by molar-refractivity contribution is 7.15. The fraction of sp³-hybridized carbons (Fsp3) is 0.385. The van der Waals surface area contributed by atoms with Crippen molar-refractivity contribution in [2.75, 3.05) is 27.3 Å². The van der Waals surface area contributed by atoms with Crippen LogP contribution in [0.5, 0.6) is 11.5 Å². The summed E-state index contributed by atoms with van der Waals surface area (Å²) < 4.78 is 24.9. The van der Waals surface area contributed by atoms with Crippen molar-refractivity contribution in [2.24, 2.45) is 5.92 Å². The number of aliphatic hydroxyl groups is 1. The average molecular weight is 485 g/mol. The number of benzene rings is 2. The number of nitrogens with zero attached hydrogens (tertiary/aromatic N) is 2. The minimum atomic E-state index is -0.915. The summed E-state index contributed by atoms with van der Waals surface area (Å²) in [5.41, 5.74) is 2.08. The second kappa shape index (κ2) is 10.1. The molecule has 0 spiro atoms. The molecule has 1 amide bonds. The van der Waals surface area contributed by atoms with E-state index in [1.54, 1.807) is 43.2 Å². The number of carbonyl (C=O) groups is 1. The maximum absolute atomic E-state index is 14.3. The number of carbonyl (C=O) groups excluding carboxylic acids is 1. The van der Waals surface area contributed by atoms with Crippen molar-refractivity contribution in [1.29, 1.82) is 0 Å². The molecule has 1 heterocycles. The molecule has 1 saturated carbocycles. The van der Waals surface area contributed by atoms with Gasteiger partial charge in [-0.15, -0.1) is 11.3 Å². The van der Waals surface area contributed by atoms with E-state index in [2.05, 4.69) is 4.98 Å². The van der Waals surface area contributed by atoms with Gasteiger partial charge in [-0.3, -0.25) is 4.79 Å². The number of methoxy groups -OCH3 is 2. The maximum Gasteiger partial charge on any atom is 0.274 e. The number of thiazole rings is 1. The molecule has 0 aliphatic heterocycles. The molecule has 34 heavy (non-hydrogen) atoms. The molecule has 8 heteroatoms. The molecule has 6 nitrogen and oxygen atoms in total. The fourth-order valence-electron chi connectivity index (χ4n) is 3.98. The van der Waals surface area contributed by atoms with Crippen LogP contribution in [0.4, 0.5) is 4.39 Å². The number of rotatable bonds is 9. The Balaban J connectivity index is 1.64. The summed E-state index contributed by atoms with van der Waals surface area (Å²) in [7, 11) is 3.09. The zero-order chi connectivity index (χ0) is 24.4. The zero-order valence-electron chi connectivity index (χ0n) is 19.8. The number of aromatic nitrogens is 1. The van der Waals surface area contributed by atoms with Gasteiger partial charge in [-0.2, -0.15) is 0 Å². The molecule has 0 bridgehead atoms. The lowest BCUT2D eigenvalue weighted by Gasteiger charge is -2.26. The third kappa shape index (κ3) is 5.08. The molecule has 1 N–H and O–H groups in total. The highest BCUT2D eigenvalue weighted by Gasteiger charge is 2.32. The van der Waals surface area contributed by atoms with E-state index in [4.69, 9.17) is 9.47 Å². The van der Waals surface area contributed by atoms with Gasteiger partial charge >= 0.3 is 0 Å². The molecular formula is C26H29FN2O4S. The summed E-state index contributed by atoms with van der Waals surface area (Å²) >= 11 is 1.38. The molecule has 3 aromatic rings. The summed E-state index contributed by atoms with van der Waals surface area (Å²) in [6.45, 7) is 4.20. The Morgan fingerprint density at radius 1 is 1.21 bits per heavy atom. The van der Waals surface area contributed by atoms with Crippen LogP contribution in [-0.4, -0.2) is 48.2 Å². The summed E-state index contributed by atoms with van der Waals surface area (Å²) in [5, 5.41) is 11.7. The van der Waals surface area contributed by atoms with Gasteiger partial charge in [0.2, 0.25) is 0 Å². The molecular weight excluding hydrogens is 455 g/mol. The molecule has 2 aromatic carbocycles. The first kappa shape index (κ1) is 24.2. The lowest BCUT2D eigenvalue weighted by Crippen LogP contribution is -2.37. The summed E-state index contributed by atoms with van der Waals surface area (Å²) in [4.78, 5) is 20.6. The molecule has 1 fully saturated rings. The Labute approximate surface area is 203 Å². The lowest BCUT2D eigenvalue weighted by atomic mass is 10.0. The van der Waals surface area contributed by atoms with E-state index in [0.29, 0.717) is 51.2 Å². The van der Waals surface area contributed by atoms with Gasteiger partial charge in [0.25, 0.3) is 5.91 Å². The van der Waals surface area contributed by atoms with Crippen molar-refractivity contribution < 1.29 is 23.8 Å². The average Bonchev–Trinajstić information content (AvgIpc) is 3.57. The highest BCUT2D eigenvalue weighted by Crippen LogP contribution is 2.36. The minimum absolute atomic E-state index is 0.114. The number of amides is 1. The number of halogens is 1. The standard InChI is InChI=1S/C26H29FN2O4S/c1-15-19(6-5-7-20(15)27)25-24(28-16(2)34-25)26(31)29(13-17-8-9-17)14-21(30)18-10-11-22(32-3)23(12-18)33-4/h5-7,10-12,17,21,30H,8-9,13-14H2,1-4H3. The Morgan fingerprint density at radius 2 is 1.94 bits per heavy atom. The Hall–Kier alpha value is -2.97. The van der Waals surface area contributed by atoms with Gasteiger partial charge in [0.05, 0.1) is 36.8 Å². The van der Waals surface area contributed by atoms with Crippen LogP contribution in [0.15, 0.2) is 36.4 Å². The first-order valence-electron chi connectivity index (χ1n) is 11.2. The predicted molar refractivity (Wildman–Crippen MR) is 130 cm³/mol. The Bertz CT molecular complexity index is 1190. The Kier molecular flexibility index (Phi) is 7.19. The van der Waals surface area contributed by atoms with Crippen molar-refractivity contribution in [3.63, 3.8) is 0 Å². The summed E-state index contributed by atoms with van der Waals surface area (Å²) in [6.07, 6.45) is 1.20. The predicted octanol–water partition coefficient (Wildman–Crippen LogP) is 5.17. The van der Waals surface area contributed by atoms with Gasteiger partial charge in [0.1, 0.15) is 11.5 Å². The number of aryl methyl sites for hydroxylation is 1. The molecule has 0 saturated heterocycles. The summed E-state index contributed by atoms with van der Waals surface area (Å²) in [5.74, 6) is 0.922. The third-order valence-corrected chi connectivity index (χ3v) is 7.10. The van der Waals surface area contributed by atoms with Gasteiger partial charge in [-0.25, -0.2) is 9.37 Å². The van der Waals surface area contributed by atoms with Crippen molar-refractivity contribution in [3.05, 3.63) is 64.0 Å². The highest BCUT2D eigenvalue weighted by atomic mass is 32.1. The normalized spacial score (nSPS) is 14.1. The second-order valence-corrected chi connectivity index (χ2v) is 9.81. The SMILES string of the molecule is COc1ccc(C(O)CN(CC2CC2)C(=O)c2nc(C)sc2-c2cccc(F)c2C)cc1OC. The maximum atomic E-state index is 14.3. The van der Waals surface area contributed by atoms with E-state index in [1.165, 1.54) is 24.5 Å². The zero-order valence-corrected chi connectivity index (χ0v) is 20.6. The smallest absolute Gasteiger partial charge is 0.274 e. The topological polar surface area (TPSA) is 71.9 Å². The van der Waals surface area contributed by atoms with Crippen molar-refractivity contribution >= 4 is 17.2 Å². The monoisotopic (exact) mass is 484 g/mol. The fourth-order valence-corrected chi connectivity index (χ4v) is 4.98. The quantitative estimate of drug-likeness (QED) is 0.454. The van der Waals surface area contributed by atoms with Crippen LogP contribution in [-0.2, 0) is 0 Å². The second-order valence-electron chi connectivity index (χ2n) is 8.61. The van der Waals surface area contributed by atoms with Crippen LogP contribution in [0.2, 0.25) is 0 Å². The van der Waals surface area contributed by atoms with Gasteiger partial charge in [0, 0.05) is 6.54 Å². The lowest BCUT2D eigenvalue weighted by molar-refractivity contribution is 0.0606. The van der Waals surface area contributed by atoms with E-state index in [-0.39, 0.29) is 18.3 Å². The van der Waals surface area contributed by atoms with Crippen LogP contribution < -0.4 is 9.47 Å².